The lowest BCUT2D eigenvalue weighted by molar-refractivity contribution is 0.141. The molecule has 2 amide bonds. The van der Waals surface area contributed by atoms with Gasteiger partial charge in [0.15, 0.2) is 5.82 Å². The van der Waals surface area contributed by atoms with E-state index in [4.69, 9.17) is 4.52 Å². The second-order valence-electron chi connectivity index (χ2n) is 7.88. The Morgan fingerprint density at radius 2 is 1.93 bits per heavy atom. The number of carbonyl (C=O) groups excluding carboxylic acids is 1. The predicted octanol–water partition coefficient (Wildman–Crippen LogP) is 2.32. The van der Waals surface area contributed by atoms with Gasteiger partial charge >= 0.3 is 6.03 Å². The Morgan fingerprint density at radius 1 is 1.17 bits per heavy atom. The first-order valence-electron chi connectivity index (χ1n) is 10.2. The van der Waals surface area contributed by atoms with E-state index < -0.39 is 0 Å². The minimum absolute atomic E-state index is 0.0810. The molecule has 0 unspecified atom stereocenters. The number of nitrogens with one attached hydrogen (secondary N) is 1. The van der Waals surface area contributed by atoms with Crippen molar-refractivity contribution in [3.63, 3.8) is 0 Å². The largest absolute Gasteiger partial charge is 0.361 e. The molecule has 1 saturated heterocycles. The van der Waals surface area contributed by atoms with E-state index in [1.807, 2.05) is 46.8 Å². The van der Waals surface area contributed by atoms with Gasteiger partial charge in [-0.05, 0) is 54.5 Å². The topological polar surface area (TPSA) is 105 Å². The quantitative estimate of drug-likeness (QED) is 0.691. The van der Waals surface area contributed by atoms with Crippen LogP contribution in [0.1, 0.15) is 30.3 Å². The van der Waals surface area contributed by atoms with Gasteiger partial charge in [0.1, 0.15) is 5.76 Å². The minimum atomic E-state index is -0.0810. The lowest BCUT2D eigenvalue weighted by Gasteiger charge is -2.34. The number of aryl methyl sites for hydroxylation is 1. The Hall–Kier alpha value is -3.27. The molecule has 30 heavy (non-hydrogen) atoms. The number of amides is 2. The highest BCUT2D eigenvalue weighted by Crippen LogP contribution is 2.36. The molecule has 2 aromatic heterocycles. The van der Waals surface area contributed by atoms with Crippen molar-refractivity contribution < 1.29 is 9.32 Å². The van der Waals surface area contributed by atoms with E-state index in [2.05, 4.69) is 30.9 Å². The maximum atomic E-state index is 12.6. The SMILES string of the molecule is Cc1cc(CN2CCN(C(=O)Nc3ccc(-c4nnnn4C4CC4)cc3)CC2)no1. The fourth-order valence-corrected chi connectivity index (χ4v) is 3.68. The fourth-order valence-electron chi connectivity index (χ4n) is 3.68. The molecule has 1 aromatic carbocycles. The molecule has 0 radical (unpaired) electrons. The minimum Gasteiger partial charge on any atom is -0.361 e. The molecule has 0 atom stereocenters. The van der Waals surface area contributed by atoms with Crippen molar-refractivity contribution in [2.24, 2.45) is 0 Å². The van der Waals surface area contributed by atoms with Gasteiger partial charge in [0.05, 0.1) is 11.7 Å². The molecule has 1 saturated carbocycles. The molecule has 0 bridgehead atoms. The zero-order valence-electron chi connectivity index (χ0n) is 16.9. The maximum absolute atomic E-state index is 12.6. The molecular weight excluding hydrogens is 384 g/mol. The van der Waals surface area contributed by atoms with E-state index in [9.17, 15) is 4.79 Å². The first-order chi connectivity index (χ1) is 14.7. The molecule has 2 aliphatic rings. The number of urea groups is 1. The number of rotatable bonds is 5. The standard InChI is InChI=1S/C20H24N8O2/c1-14-12-17(23-30-14)13-26-8-10-27(11-9-26)20(29)21-16-4-2-15(3-5-16)19-22-24-25-28(19)18-6-7-18/h2-5,12,18H,6-11,13H2,1H3,(H,21,29). The van der Waals surface area contributed by atoms with Crippen LogP contribution in [0, 0.1) is 6.92 Å². The smallest absolute Gasteiger partial charge is 0.321 e. The second-order valence-corrected chi connectivity index (χ2v) is 7.88. The second kappa shape index (κ2) is 7.86. The average Bonchev–Trinajstić information content (AvgIpc) is 3.34. The van der Waals surface area contributed by atoms with Crippen LogP contribution in [-0.2, 0) is 6.54 Å². The van der Waals surface area contributed by atoms with E-state index in [0.717, 1.165) is 61.0 Å². The van der Waals surface area contributed by atoms with Crippen LogP contribution in [0.25, 0.3) is 11.4 Å². The van der Waals surface area contributed by atoms with Crippen molar-refractivity contribution in [1.82, 2.24) is 35.2 Å². The zero-order valence-corrected chi connectivity index (χ0v) is 16.9. The molecular formula is C20H24N8O2. The van der Waals surface area contributed by atoms with Gasteiger partial charge in [0.2, 0.25) is 0 Å². The normalized spacial score (nSPS) is 17.3. The Balaban J connectivity index is 1.14. The van der Waals surface area contributed by atoms with Crippen LogP contribution in [-0.4, -0.2) is 67.4 Å². The molecule has 10 heteroatoms. The molecule has 156 valence electrons. The van der Waals surface area contributed by atoms with Gasteiger partial charge in [0, 0.05) is 50.0 Å². The third-order valence-corrected chi connectivity index (χ3v) is 5.50. The van der Waals surface area contributed by atoms with Gasteiger partial charge in [0.25, 0.3) is 0 Å². The van der Waals surface area contributed by atoms with Crippen LogP contribution < -0.4 is 5.32 Å². The fraction of sp³-hybridized carbons (Fsp3) is 0.450. The lowest BCUT2D eigenvalue weighted by atomic mass is 10.2. The molecule has 1 aliphatic heterocycles. The van der Waals surface area contributed by atoms with Gasteiger partial charge in [-0.25, -0.2) is 9.48 Å². The van der Waals surface area contributed by atoms with Gasteiger partial charge in [-0.3, -0.25) is 4.90 Å². The van der Waals surface area contributed by atoms with Crippen molar-refractivity contribution in [2.75, 3.05) is 31.5 Å². The molecule has 3 aromatic rings. The highest BCUT2D eigenvalue weighted by molar-refractivity contribution is 5.89. The number of benzene rings is 1. The number of aromatic nitrogens is 5. The third kappa shape index (κ3) is 4.04. The van der Waals surface area contributed by atoms with E-state index in [1.165, 1.54) is 0 Å². The monoisotopic (exact) mass is 408 g/mol. The third-order valence-electron chi connectivity index (χ3n) is 5.50. The van der Waals surface area contributed by atoms with Crippen molar-refractivity contribution in [3.8, 4) is 11.4 Å². The van der Waals surface area contributed by atoms with Crippen LogP contribution in [0.15, 0.2) is 34.9 Å². The summed E-state index contributed by atoms with van der Waals surface area (Å²) in [5.41, 5.74) is 2.63. The molecule has 10 nitrogen and oxygen atoms in total. The summed E-state index contributed by atoms with van der Waals surface area (Å²) in [6, 6.07) is 9.95. The summed E-state index contributed by atoms with van der Waals surface area (Å²) >= 11 is 0. The van der Waals surface area contributed by atoms with E-state index >= 15 is 0 Å². The van der Waals surface area contributed by atoms with Gasteiger partial charge in [-0.2, -0.15) is 0 Å². The van der Waals surface area contributed by atoms with Crippen LogP contribution in [0.3, 0.4) is 0 Å². The van der Waals surface area contributed by atoms with Crippen molar-refractivity contribution in [2.45, 2.75) is 32.4 Å². The summed E-state index contributed by atoms with van der Waals surface area (Å²) in [7, 11) is 0. The van der Waals surface area contributed by atoms with E-state index in [0.29, 0.717) is 19.1 Å². The van der Waals surface area contributed by atoms with E-state index in [-0.39, 0.29) is 6.03 Å². The van der Waals surface area contributed by atoms with Crippen molar-refractivity contribution in [1.29, 1.82) is 0 Å². The Kier molecular flexibility index (Phi) is 4.91. The average molecular weight is 408 g/mol. The molecule has 0 spiro atoms. The molecule has 5 rings (SSSR count). The molecule has 3 heterocycles. The van der Waals surface area contributed by atoms with Crippen molar-refractivity contribution in [3.05, 3.63) is 41.8 Å². The molecule has 1 N–H and O–H groups in total. The lowest BCUT2D eigenvalue weighted by Crippen LogP contribution is -2.49. The van der Waals surface area contributed by atoms with Crippen LogP contribution in [0.5, 0.6) is 0 Å². The number of carbonyl (C=O) groups is 1. The number of hydrogen-bond donors (Lipinski definition) is 1. The van der Waals surface area contributed by atoms with Crippen molar-refractivity contribution >= 4 is 11.7 Å². The number of nitrogens with zero attached hydrogens (tertiary/aromatic N) is 7. The van der Waals surface area contributed by atoms with Crippen LogP contribution in [0.2, 0.25) is 0 Å². The number of piperazine rings is 1. The summed E-state index contributed by atoms with van der Waals surface area (Å²) in [6.45, 7) is 5.60. The van der Waals surface area contributed by atoms with Gasteiger partial charge < -0.3 is 14.7 Å². The summed E-state index contributed by atoms with van der Waals surface area (Å²) < 4.78 is 7.00. The highest BCUT2D eigenvalue weighted by Gasteiger charge is 2.28. The van der Waals surface area contributed by atoms with E-state index in [1.54, 1.807) is 0 Å². The molecule has 2 fully saturated rings. The summed E-state index contributed by atoms with van der Waals surface area (Å²) in [6.07, 6.45) is 2.25. The van der Waals surface area contributed by atoms with Crippen LogP contribution in [0.4, 0.5) is 10.5 Å². The Bertz CT molecular complexity index is 1020. The number of hydrogen-bond acceptors (Lipinski definition) is 7. The summed E-state index contributed by atoms with van der Waals surface area (Å²) in [5, 5.41) is 19.1. The zero-order chi connectivity index (χ0) is 20.5. The predicted molar refractivity (Wildman–Crippen MR) is 109 cm³/mol. The maximum Gasteiger partial charge on any atom is 0.321 e. The Labute approximate surface area is 173 Å². The first kappa shape index (κ1) is 18.7. The van der Waals surface area contributed by atoms with Gasteiger partial charge in [-0.15, -0.1) is 5.10 Å². The number of tetrazole rings is 1. The Morgan fingerprint density at radius 3 is 2.60 bits per heavy atom. The summed E-state index contributed by atoms with van der Waals surface area (Å²) in [4.78, 5) is 16.8. The number of anilines is 1. The van der Waals surface area contributed by atoms with Crippen LogP contribution >= 0.6 is 0 Å². The highest BCUT2D eigenvalue weighted by atomic mass is 16.5. The first-order valence-corrected chi connectivity index (χ1v) is 10.2. The summed E-state index contributed by atoms with van der Waals surface area (Å²) in [5.74, 6) is 1.59. The van der Waals surface area contributed by atoms with Gasteiger partial charge in [-0.1, -0.05) is 5.16 Å². The molecule has 1 aliphatic carbocycles.